The number of pyridine rings is 2. The Morgan fingerprint density at radius 1 is 1.25 bits per heavy atom. The third-order valence-electron chi connectivity index (χ3n) is 2.05. The fraction of sp³-hybridized carbons (Fsp3) is 0.167. The molecular formula is C12H11FN2O. The lowest BCUT2D eigenvalue weighted by Gasteiger charge is -2.06. The van der Waals surface area contributed by atoms with Crippen molar-refractivity contribution in [1.82, 2.24) is 9.97 Å². The number of aromatic nitrogens is 2. The van der Waals surface area contributed by atoms with Gasteiger partial charge in [-0.1, -0.05) is 6.07 Å². The van der Waals surface area contributed by atoms with E-state index in [-0.39, 0.29) is 12.4 Å². The van der Waals surface area contributed by atoms with Crippen molar-refractivity contribution in [2.24, 2.45) is 0 Å². The van der Waals surface area contributed by atoms with Crippen LogP contribution >= 0.6 is 0 Å². The van der Waals surface area contributed by atoms with Gasteiger partial charge in [-0.25, -0.2) is 4.98 Å². The highest BCUT2D eigenvalue weighted by atomic mass is 19.1. The van der Waals surface area contributed by atoms with Crippen LogP contribution in [0.2, 0.25) is 0 Å². The van der Waals surface area contributed by atoms with E-state index < -0.39 is 5.95 Å². The average molecular weight is 218 g/mol. The first-order valence-electron chi connectivity index (χ1n) is 4.91. The van der Waals surface area contributed by atoms with Crippen LogP contribution in [-0.4, -0.2) is 9.97 Å². The molecule has 0 unspecified atom stereocenters. The third kappa shape index (κ3) is 2.53. The molecule has 2 heterocycles. The van der Waals surface area contributed by atoms with Crippen LogP contribution in [0.5, 0.6) is 5.75 Å². The van der Waals surface area contributed by atoms with E-state index in [1.807, 2.05) is 25.1 Å². The van der Waals surface area contributed by atoms with Gasteiger partial charge in [0.15, 0.2) is 5.75 Å². The van der Waals surface area contributed by atoms with Crippen LogP contribution in [0.25, 0.3) is 0 Å². The smallest absolute Gasteiger partial charge is 0.255 e. The molecular weight excluding hydrogens is 207 g/mol. The van der Waals surface area contributed by atoms with Gasteiger partial charge in [-0.15, -0.1) is 0 Å². The third-order valence-corrected chi connectivity index (χ3v) is 2.05. The van der Waals surface area contributed by atoms with E-state index >= 15 is 0 Å². The van der Waals surface area contributed by atoms with Gasteiger partial charge < -0.3 is 4.74 Å². The zero-order valence-electron chi connectivity index (χ0n) is 8.85. The van der Waals surface area contributed by atoms with Gasteiger partial charge in [-0.05, 0) is 31.2 Å². The van der Waals surface area contributed by atoms with Gasteiger partial charge in [0.2, 0.25) is 0 Å². The summed E-state index contributed by atoms with van der Waals surface area (Å²) >= 11 is 0. The summed E-state index contributed by atoms with van der Waals surface area (Å²) in [5.41, 5.74) is 1.68. The standard InChI is InChI=1S/C12H11FN2O/c1-9-4-2-5-10(15-9)8-16-11-6-3-7-14-12(11)13/h2-7H,8H2,1H3. The molecule has 2 rings (SSSR count). The van der Waals surface area contributed by atoms with Gasteiger partial charge in [-0.2, -0.15) is 4.39 Å². The van der Waals surface area contributed by atoms with Crippen molar-refractivity contribution < 1.29 is 9.13 Å². The quantitative estimate of drug-likeness (QED) is 0.742. The Bertz CT molecular complexity index is 488. The molecule has 0 aliphatic rings. The van der Waals surface area contributed by atoms with Gasteiger partial charge in [0, 0.05) is 11.9 Å². The topological polar surface area (TPSA) is 35.0 Å². The molecule has 0 fully saturated rings. The normalized spacial score (nSPS) is 10.1. The molecule has 2 aromatic heterocycles. The van der Waals surface area contributed by atoms with Crippen LogP contribution in [0.1, 0.15) is 11.4 Å². The summed E-state index contributed by atoms with van der Waals surface area (Å²) < 4.78 is 18.4. The molecule has 0 aliphatic heterocycles. The number of aryl methyl sites for hydroxylation is 1. The Morgan fingerprint density at radius 3 is 2.88 bits per heavy atom. The Balaban J connectivity index is 2.05. The molecule has 2 aromatic rings. The average Bonchev–Trinajstić information content (AvgIpc) is 2.28. The van der Waals surface area contributed by atoms with E-state index in [9.17, 15) is 4.39 Å². The van der Waals surface area contributed by atoms with Gasteiger partial charge in [-0.3, -0.25) is 4.98 Å². The van der Waals surface area contributed by atoms with Gasteiger partial charge in [0.25, 0.3) is 5.95 Å². The number of ether oxygens (including phenoxy) is 1. The SMILES string of the molecule is Cc1cccc(COc2cccnc2F)n1. The second-order valence-electron chi connectivity index (χ2n) is 3.35. The number of nitrogens with zero attached hydrogens (tertiary/aromatic N) is 2. The van der Waals surface area contributed by atoms with Gasteiger partial charge in [0.1, 0.15) is 6.61 Å². The summed E-state index contributed by atoms with van der Waals surface area (Å²) in [4.78, 5) is 7.75. The Kier molecular flexibility index (Phi) is 3.10. The Morgan fingerprint density at radius 2 is 2.12 bits per heavy atom. The summed E-state index contributed by atoms with van der Waals surface area (Å²) in [7, 11) is 0. The lowest BCUT2D eigenvalue weighted by atomic mass is 10.3. The van der Waals surface area contributed by atoms with Crippen LogP contribution < -0.4 is 4.74 Å². The van der Waals surface area contributed by atoms with E-state index in [0.717, 1.165) is 11.4 Å². The maximum absolute atomic E-state index is 13.1. The number of rotatable bonds is 3. The molecule has 0 N–H and O–H groups in total. The summed E-state index contributed by atoms with van der Waals surface area (Å²) in [6.45, 7) is 2.14. The van der Waals surface area contributed by atoms with Crippen molar-refractivity contribution in [2.45, 2.75) is 13.5 Å². The highest BCUT2D eigenvalue weighted by molar-refractivity contribution is 5.18. The largest absolute Gasteiger partial charge is 0.482 e. The molecule has 16 heavy (non-hydrogen) atoms. The summed E-state index contributed by atoms with van der Waals surface area (Å²) in [6, 6.07) is 8.79. The molecule has 0 aromatic carbocycles. The molecule has 0 bridgehead atoms. The minimum Gasteiger partial charge on any atom is -0.482 e. The van der Waals surface area contributed by atoms with Gasteiger partial charge >= 0.3 is 0 Å². The zero-order chi connectivity index (χ0) is 11.4. The highest BCUT2D eigenvalue weighted by Gasteiger charge is 2.03. The van der Waals surface area contributed by atoms with Gasteiger partial charge in [0.05, 0.1) is 5.69 Å². The second kappa shape index (κ2) is 4.70. The molecule has 0 amide bonds. The highest BCUT2D eigenvalue weighted by Crippen LogP contribution is 2.14. The van der Waals surface area contributed by atoms with E-state index in [1.165, 1.54) is 12.3 Å². The van der Waals surface area contributed by atoms with Crippen molar-refractivity contribution >= 4 is 0 Å². The first-order chi connectivity index (χ1) is 7.75. The van der Waals surface area contributed by atoms with Crippen molar-refractivity contribution in [2.75, 3.05) is 0 Å². The molecule has 3 nitrogen and oxygen atoms in total. The Labute approximate surface area is 92.9 Å². The molecule has 0 saturated carbocycles. The summed E-state index contributed by atoms with van der Waals surface area (Å²) in [5, 5.41) is 0. The zero-order valence-corrected chi connectivity index (χ0v) is 8.85. The van der Waals surface area contributed by atoms with Crippen LogP contribution in [0.15, 0.2) is 36.5 Å². The van der Waals surface area contributed by atoms with E-state index in [4.69, 9.17) is 4.74 Å². The molecule has 0 atom stereocenters. The number of hydrogen-bond donors (Lipinski definition) is 0. The Hall–Kier alpha value is -1.97. The summed E-state index contributed by atoms with van der Waals surface area (Å²) in [5.74, 6) is -0.457. The molecule has 0 saturated heterocycles. The monoisotopic (exact) mass is 218 g/mol. The molecule has 4 heteroatoms. The van der Waals surface area contributed by atoms with Crippen LogP contribution in [-0.2, 0) is 6.61 Å². The van der Waals surface area contributed by atoms with Crippen LogP contribution in [0.4, 0.5) is 4.39 Å². The molecule has 82 valence electrons. The lowest BCUT2D eigenvalue weighted by molar-refractivity contribution is 0.281. The number of hydrogen-bond acceptors (Lipinski definition) is 3. The van der Waals surface area contributed by atoms with E-state index in [1.54, 1.807) is 6.07 Å². The lowest BCUT2D eigenvalue weighted by Crippen LogP contribution is -2.01. The molecule has 0 spiro atoms. The second-order valence-corrected chi connectivity index (χ2v) is 3.35. The van der Waals surface area contributed by atoms with Crippen molar-refractivity contribution in [3.8, 4) is 5.75 Å². The van der Waals surface area contributed by atoms with Crippen LogP contribution in [0, 0.1) is 12.9 Å². The van der Waals surface area contributed by atoms with Crippen molar-refractivity contribution in [3.63, 3.8) is 0 Å². The first-order valence-corrected chi connectivity index (χ1v) is 4.91. The summed E-state index contributed by atoms with van der Waals surface area (Å²) in [6.07, 6.45) is 1.38. The minimum absolute atomic E-state index is 0.144. The first kappa shape index (κ1) is 10.5. The fourth-order valence-electron chi connectivity index (χ4n) is 1.31. The maximum Gasteiger partial charge on any atom is 0.255 e. The van der Waals surface area contributed by atoms with Crippen molar-refractivity contribution in [3.05, 3.63) is 53.9 Å². The fourth-order valence-corrected chi connectivity index (χ4v) is 1.31. The van der Waals surface area contributed by atoms with Crippen molar-refractivity contribution in [1.29, 1.82) is 0 Å². The predicted molar refractivity (Wildman–Crippen MR) is 57.5 cm³/mol. The van der Waals surface area contributed by atoms with E-state index in [0.29, 0.717) is 0 Å². The minimum atomic E-state index is -0.602. The number of halogens is 1. The maximum atomic E-state index is 13.1. The van der Waals surface area contributed by atoms with Crippen LogP contribution in [0.3, 0.4) is 0 Å². The van der Waals surface area contributed by atoms with E-state index in [2.05, 4.69) is 9.97 Å². The molecule has 0 aliphatic carbocycles. The predicted octanol–water partition coefficient (Wildman–Crippen LogP) is 2.50. The molecule has 0 radical (unpaired) electrons.